The molecule has 0 radical (unpaired) electrons. The molecule has 0 saturated carbocycles. The number of hydrogen-bond acceptors (Lipinski definition) is 7. The van der Waals surface area contributed by atoms with E-state index in [0.29, 0.717) is 5.82 Å². The lowest BCUT2D eigenvalue weighted by Gasteiger charge is -2.35. The van der Waals surface area contributed by atoms with Gasteiger partial charge in [0.1, 0.15) is 5.82 Å². The van der Waals surface area contributed by atoms with Crippen LogP contribution in [0.5, 0.6) is 0 Å². The Balaban J connectivity index is 1.61. The Hall–Kier alpha value is -2.46. The summed E-state index contributed by atoms with van der Waals surface area (Å²) >= 11 is 0. The van der Waals surface area contributed by atoms with Crippen molar-refractivity contribution in [3.8, 4) is 0 Å². The van der Waals surface area contributed by atoms with Crippen molar-refractivity contribution in [3.05, 3.63) is 36.8 Å². The van der Waals surface area contributed by atoms with Gasteiger partial charge in [0.15, 0.2) is 0 Å². The molecule has 10 heteroatoms. The molecule has 9 nitrogen and oxygen atoms in total. The minimum absolute atomic E-state index is 0.300. The van der Waals surface area contributed by atoms with Gasteiger partial charge in [-0.1, -0.05) is 0 Å². The fourth-order valence-corrected chi connectivity index (χ4v) is 3.04. The molecule has 1 N–H and O–H groups in total. The first-order valence-corrected chi connectivity index (χ1v) is 9.33. The lowest BCUT2D eigenvalue weighted by Crippen LogP contribution is -2.47. The van der Waals surface area contributed by atoms with Crippen LogP contribution in [-0.2, 0) is 10.2 Å². The zero-order valence-corrected chi connectivity index (χ0v) is 15.0. The van der Waals surface area contributed by atoms with Gasteiger partial charge in [-0.15, -0.1) is 0 Å². The molecule has 1 aliphatic rings. The van der Waals surface area contributed by atoms with Crippen molar-refractivity contribution in [1.82, 2.24) is 19.3 Å². The van der Waals surface area contributed by atoms with Crippen LogP contribution in [0.1, 0.15) is 0 Å². The van der Waals surface area contributed by atoms with E-state index in [0.717, 1.165) is 42.1 Å². The first kappa shape index (κ1) is 17.4. The predicted molar refractivity (Wildman–Crippen MR) is 96.9 cm³/mol. The van der Waals surface area contributed by atoms with E-state index >= 15 is 0 Å². The van der Waals surface area contributed by atoms with Crippen LogP contribution in [0.2, 0.25) is 0 Å². The summed E-state index contributed by atoms with van der Waals surface area (Å²) in [6.45, 7) is 3.28. The maximum absolute atomic E-state index is 11.8. The molecule has 3 rings (SSSR count). The standard InChI is InChI=1S/C15H21N7O2S/c1-20(2)25(23,24)19-14-5-4-13(12-18-14)21-8-10-22(11-9-21)15-16-6-3-7-17-15/h3-7,12H,8-11H2,1-2H3,(H,18,19). The van der Waals surface area contributed by atoms with E-state index in [1.807, 2.05) is 6.07 Å². The Morgan fingerprint density at radius 3 is 2.20 bits per heavy atom. The first-order chi connectivity index (χ1) is 12.0. The van der Waals surface area contributed by atoms with E-state index in [4.69, 9.17) is 0 Å². The van der Waals surface area contributed by atoms with Gasteiger partial charge < -0.3 is 9.80 Å². The van der Waals surface area contributed by atoms with Crippen molar-refractivity contribution in [3.63, 3.8) is 0 Å². The number of hydrogen-bond donors (Lipinski definition) is 1. The molecule has 134 valence electrons. The van der Waals surface area contributed by atoms with Gasteiger partial charge in [0.25, 0.3) is 0 Å². The minimum Gasteiger partial charge on any atom is -0.367 e. The molecule has 1 saturated heterocycles. The van der Waals surface area contributed by atoms with Crippen LogP contribution in [0.25, 0.3) is 0 Å². The Morgan fingerprint density at radius 2 is 1.64 bits per heavy atom. The number of aromatic nitrogens is 3. The molecule has 0 spiro atoms. The zero-order chi connectivity index (χ0) is 17.9. The van der Waals surface area contributed by atoms with Gasteiger partial charge in [-0.05, 0) is 18.2 Å². The summed E-state index contributed by atoms with van der Waals surface area (Å²) in [5.74, 6) is 1.04. The third kappa shape index (κ3) is 4.15. The maximum atomic E-state index is 11.8. The van der Waals surface area contributed by atoms with Crippen LogP contribution in [0.4, 0.5) is 17.5 Å². The molecule has 0 aromatic carbocycles. The summed E-state index contributed by atoms with van der Waals surface area (Å²) in [6, 6.07) is 5.34. The highest BCUT2D eigenvalue weighted by molar-refractivity contribution is 7.90. The minimum atomic E-state index is -3.54. The summed E-state index contributed by atoms with van der Waals surface area (Å²) in [5.41, 5.74) is 0.960. The highest BCUT2D eigenvalue weighted by Gasteiger charge is 2.19. The predicted octanol–water partition coefficient (Wildman–Crippen LogP) is 0.416. The molecule has 2 aromatic rings. The fraction of sp³-hybridized carbons (Fsp3) is 0.400. The van der Waals surface area contributed by atoms with Gasteiger partial charge in [-0.2, -0.15) is 12.7 Å². The number of rotatable bonds is 5. The lowest BCUT2D eigenvalue weighted by molar-refractivity contribution is 0.526. The second kappa shape index (κ2) is 7.19. The van der Waals surface area contributed by atoms with Crippen LogP contribution < -0.4 is 14.5 Å². The molecule has 1 aliphatic heterocycles. The highest BCUT2D eigenvalue weighted by atomic mass is 32.2. The highest BCUT2D eigenvalue weighted by Crippen LogP contribution is 2.19. The fourth-order valence-electron chi connectivity index (χ4n) is 2.48. The maximum Gasteiger partial charge on any atom is 0.302 e. The molecule has 0 amide bonds. The van der Waals surface area contributed by atoms with Gasteiger partial charge in [0.05, 0.1) is 11.9 Å². The Morgan fingerprint density at radius 1 is 1.00 bits per heavy atom. The van der Waals surface area contributed by atoms with E-state index in [1.165, 1.54) is 14.1 Å². The van der Waals surface area contributed by atoms with Crippen molar-refractivity contribution in [1.29, 1.82) is 0 Å². The Labute approximate surface area is 147 Å². The van der Waals surface area contributed by atoms with Crippen LogP contribution in [0, 0.1) is 0 Å². The van der Waals surface area contributed by atoms with Crippen LogP contribution in [0.3, 0.4) is 0 Å². The van der Waals surface area contributed by atoms with E-state index in [1.54, 1.807) is 30.7 Å². The van der Waals surface area contributed by atoms with Crippen LogP contribution in [-0.4, -0.2) is 67.9 Å². The Bertz CT molecular complexity index is 788. The van der Waals surface area contributed by atoms with Gasteiger partial charge in [-0.3, -0.25) is 4.72 Å². The normalized spacial score (nSPS) is 15.5. The largest absolute Gasteiger partial charge is 0.367 e. The topological polar surface area (TPSA) is 94.6 Å². The summed E-state index contributed by atoms with van der Waals surface area (Å²) < 4.78 is 27.1. The van der Waals surface area contributed by atoms with E-state index in [2.05, 4.69) is 29.5 Å². The summed E-state index contributed by atoms with van der Waals surface area (Å²) in [6.07, 6.45) is 5.17. The number of pyridine rings is 1. The van der Waals surface area contributed by atoms with Crippen molar-refractivity contribution >= 4 is 27.7 Å². The van der Waals surface area contributed by atoms with Gasteiger partial charge in [-0.25, -0.2) is 15.0 Å². The molecule has 1 fully saturated rings. The zero-order valence-electron chi connectivity index (χ0n) is 14.2. The molecule has 2 aromatic heterocycles. The van der Waals surface area contributed by atoms with E-state index in [9.17, 15) is 8.42 Å². The molecule has 0 unspecified atom stereocenters. The van der Waals surface area contributed by atoms with Gasteiger partial charge in [0.2, 0.25) is 5.95 Å². The molecular weight excluding hydrogens is 342 g/mol. The SMILES string of the molecule is CN(C)S(=O)(=O)Nc1ccc(N2CCN(c3ncccn3)CC2)cn1. The third-order valence-corrected chi connectivity index (χ3v) is 5.37. The van der Waals surface area contributed by atoms with Crippen LogP contribution >= 0.6 is 0 Å². The third-order valence-electron chi connectivity index (χ3n) is 3.94. The van der Waals surface area contributed by atoms with Gasteiger partial charge >= 0.3 is 10.2 Å². The molecule has 0 aliphatic carbocycles. The first-order valence-electron chi connectivity index (χ1n) is 7.89. The number of nitrogens with zero attached hydrogens (tertiary/aromatic N) is 6. The molecular formula is C15H21N7O2S. The molecule has 0 atom stereocenters. The summed E-state index contributed by atoms with van der Waals surface area (Å²) in [4.78, 5) is 17.1. The second-order valence-corrected chi connectivity index (χ2v) is 7.70. The van der Waals surface area contributed by atoms with Crippen molar-refractivity contribution < 1.29 is 8.42 Å². The number of nitrogens with one attached hydrogen (secondary N) is 1. The lowest BCUT2D eigenvalue weighted by atomic mass is 10.3. The summed E-state index contributed by atoms with van der Waals surface area (Å²) in [5, 5.41) is 0. The number of piperazine rings is 1. The quantitative estimate of drug-likeness (QED) is 0.822. The second-order valence-electron chi connectivity index (χ2n) is 5.81. The van der Waals surface area contributed by atoms with Crippen molar-refractivity contribution in [2.75, 3.05) is 54.8 Å². The van der Waals surface area contributed by atoms with E-state index < -0.39 is 10.2 Å². The van der Waals surface area contributed by atoms with Crippen molar-refractivity contribution in [2.45, 2.75) is 0 Å². The molecule has 0 bridgehead atoms. The van der Waals surface area contributed by atoms with E-state index in [-0.39, 0.29) is 0 Å². The van der Waals surface area contributed by atoms with Crippen molar-refractivity contribution in [2.24, 2.45) is 0 Å². The molecule has 3 heterocycles. The smallest absolute Gasteiger partial charge is 0.302 e. The average molecular weight is 363 g/mol. The van der Waals surface area contributed by atoms with Crippen LogP contribution in [0.15, 0.2) is 36.8 Å². The summed E-state index contributed by atoms with van der Waals surface area (Å²) in [7, 11) is -0.610. The average Bonchev–Trinajstić information content (AvgIpc) is 2.63. The molecule has 25 heavy (non-hydrogen) atoms. The Kier molecular flexibility index (Phi) is 5.00. The number of anilines is 3. The monoisotopic (exact) mass is 363 g/mol. The van der Waals surface area contributed by atoms with Gasteiger partial charge in [0, 0.05) is 52.7 Å².